The van der Waals surface area contributed by atoms with Crippen molar-refractivity contribution in [2.45, 2.75) is 20.3 Å². The molecule has 0 saturated carbocycles. The number of hydrogen-bond acceptors (Lipinski definition) is 1. The molecule has 0 aliphatic heterocycles. The third-order valence-electron chi connectivity index (χ3n) is 1.90. The Morgan fingerprint density at radius 2 is 1.71 bits per heavy atom. The predicted octanol–water partition coefficient (Wildman–Crippen LogP) is 4.14. The van der Waals surface area contributed by atoms with Crippen LogP contribution < -0.4 is 6.15 Å². The Balaban J connectivity index is 0.00000169. The molecule has 76 valence electrons. The first kappa shape index (κ1) is 12.7. The molecule has 0 unspecified atom stereocenters. The van der Waals surface area contributed by atoms with E-state index in [1.54, 1.807) is 0 Å². The molecule has 0 amide bonds. The zero-order valence-corrected chi connectivity index (χ0v) is 9.03. The molecule has 1 heteroatoms. The smallest absolute Gasteiger partial charge is 0.0166 e. The Morgan fingerprint density at radius 1 is 1.07 bits per heavy atom. The van der Waals surface area contributed by atoms with Gasteiger partial charge in [-0.1, -0.05) is 54.1 Å². The minimum atomic E-state index is 0. The van der Waals surface area contributed by atoms with Crippen molar-refractivity contribution >= 4 is 6.08 Å². The van der Waals surface area contributed by atoms with Crippen molar-refractivity contribution in [3.8, 4) is 0 Å². The Hall–Kier alpha value is -1.34. The third-order valence-corrected chi connectivity index (χ3v) is 1.90. The molecule has 0 saturated heterocycles. The maximum atomic E-state index is 2.17. The van der Waals surface area contributed by atoms with E-state index in [1.165, 1.54) is 11.1 Å². The predicted molar refractivity (Wildman–Crippen MR) is 64.7 cm³/mol. The number of rotatable bonds is 3. The van der Waals surface area contributed by atoms with Crippen molar-refractivity contribution in [2.75, 3.05) is 0 Å². The van der Waals surface area contributed by atoms with E-state index in [4.69, 9.17) is 0 Å². The minimum Gasteiger partial charge on any atom is -0.344 e. The van der Waals surface area contributed by atoms with Crippen LogP contribution in [0.5, 0.6) is 0 Å². The summed E-state index contributed by atoms with van der Waals surface area (Å²) >= 11 is 0. The first-order valence-electron chi connectivity index (χ1n) is 4.67. The molecule has 0 aliphatic rings. The molecule has 0 aromatic heterocycles. The van der Waals surface area contributed by atoms with Gasteiger partial charge in [-0.25, -0.2) is 0 Å². The van der Waals surface area contributed by atoms with Gasteiger partial charge in [0.05, 0.1) is 0 Å². The second-order valence-corrected chi connectivity index (χ2v) is 3.12. The zero-order chi connectivity index (χ0) is 9.52. The maximum Gasteiger partial charge on any atom is -0.0166 e. The highest BCUT2D eigenvalue weighted by molar-refractivity contribution is 5.49. The van der Waals surface area contributed by atoms with Crippen LogP contribution in [0.25, 0.3) is 6.08 Å². The molecule has 0 spiro atoms. The summed E-state index contributed by atoms with van der Waals surface area (Å²) in [5, 5.41) is 0. The van der Waals surface area contributed by atoms with Gasteiger partial charge in [0, 0.05) is 0 Å². The fraction of sp³-hybridized carbons (Fsp3) is 0.231. The zero-order valence-electron chi connectivity index (χ0n) is 9.03. The lowest BCUT2D eigenvalue weighted by Crippen LogP contribution is -1.72. The Kier molecular flexibility index (Phi) is 6.42. The third kappa shape index (κ3) is 4.63. The maximum absolute atomic E-state index is 2.17. The SMILES string of the molecule is CC=CCC=Cc1ccc(C)cc1.N. The van der Waals surface area contributed by atoms with Gasteiger partial charge in [0.25, 0.3) is 0 Å². The van der Waals surface area contributed by atoms with Gasteiger partial charge in [-0.2, -0.15) is 0 Å². The Labute approximate surface area is 86.7 Å². The summed E-state index contributed by atoms with van der Waals surface area (Å²) in [6.07, 6.45) is 9.55. The lowest BCUT2D eigenvalue weighted by molar-refractivity contribution is 1.39. The fourth-order valence-electron chi connectivity index (χ4n) is 1.10. The minimum absolute atomic E-state index is 0. The molecule has 1 nitrogen and oxygen atoms in total. The summed E-state index contributed by atoms with van der Waals surface area (Å²) in [5.41, 5.74) is 2.58. The molecule has 0 bridgehead atoms. The van der Waals surface area contributed by atoms with E-state index in [2.05, 4.69) is 55.5 Å². The van der Waals surface area contributed by atoms with Crippen LogP contribution >= 0.6 is 0 Å². The first-order valence-corrected chi connectivity index (χ1v) is 4.67. The molecular weight excluding hydrogens is 170 g/mol. The van der Waals surface area contributed by atoms with Crippen molar-refractivity contribution in [3.63, 3.8) is 0 Å². The summed E-state index contributed by atoms with van der Waals surface area (Å²) < 4.78 is 0. The average Bonchev–Trinajstić information content (AvgIpc) is 2.15. The highest BCUT2D eigenvalue weighted by Gasteiger charge is 1.84. The molecule has 0 aliphatic carbocycles. The van der Waals surface area contributed by atoms with E-state index in [0.717, 1.165) is 6.42 Å². The van der Waals surface area contributed by atoms with Crippen LogP contribution in [0.3, 0.4) is 0 Å². The van der Waals surface area contributed by atoms with Gasteiger partial charge in [0.2, 0.25) is 0 Å². The van der Waals surface area contributed by atoms with Gasteiger partial charge in [-0.3, -0.25) is 0 Å². The van der Waals surface area contributed by atoms with Crippen LogP contribution in [0.1, 0.15) is 24.5 Å². The van der Waals surface area contributed by atoms with E-state index < -0.39 is 0 Å². The summed E-state index contributed by atoms with van der Waals surface area (Å²) in [6, 6.07) is 8.55. The highest BCUT2D eigenvalue weighted by atomic mass is 14.0. The van der Waals surface area contributed by atoms with Crippen molar-refractivity contribution in [1.29, 1.82) is 0 Å². The Bertz CT molecular complexity index is 294. The van der Waals surface area contributed by atoms with Gasteiger partial charge in [0.1, 0.15) is 0 Å². The summed E-state index contributed by atoms with van der Waals surface area (Å²) in [5.74, 6) is 0. The lowest BCUT2D eigenvalue weighted by Gasteiger charge is -1.93. The van der Waals surface area contributed by atoms with E-state index >= 15 is 0 Å². The average molecular weight is 189 g/mol. The largest absolute Gasteiger partial charge is 0.344 e. The van der Waals surface area contributed by atoms with Crippen LogP contribution in [0.2, 0.25) is 0 Å². The summed E-state index contributed by atoms with van der Waals surface area (Å²) in [6.45, 7) is 4.15. The van der Waals surface area contributed by atoms with Crippen LogP contribution in [0, 0.1) is 6.92 Å². The van der Waals surface area contributed by atoms with E-state index in [1.807, 2.05) is 6.92 Å². The Morgan fingerprint density at radius 3 is 2.29 bits per heavy atom. The standard InChI is InChI=1S/C13H16.H3N/c1-3-4-5-6-7-13-10-8-12(2)9-11-13;/h3-4,6-11H,5H2,1-2H3;1H3. The molecule has 3 N–H and O–H groups in total. The molecule has 0 radical (unpaired) electrons. The van der Waals surface area contributed by atoms with Crippen molar-refractivity contribution in [2.24, 2.45) is 0 Å². The monoisotopic (exact) mass is 189 g/mol. The van der Waals surface area contributed by atoms with Crippen LogP contribution in [-0.2, 0) is 0 Å². The van der Waals surface area contributed by atoms with Gasteiger partial charge in [0.15, 0.2) is 0 Å². The van der Waals surface area contributed by atoms with Crippen LogP contribution in [0.4, 0.5) is 0 Å². The number of hydrogen-bond donors (Lipinski definition) is 1. The molecule has 1 rings (SSSR count). The molecule has 1 aromatic carbocycles. The van der Waals surface area contributed by atoms with Gasteiger partial charge < -0.3 is 6.15 Å². The van der Waals surface area contributed by atoms with E-state index in [0.29, 0.717) is 0 Å². The first-order chi connectivity index (χ1) is 6.33. The lowest BCUT2D eigenvalue weighted by atomic mass is 10.1. The van der Waals surface area contributed by atoms with Gasteiger partial charge in [-0.05, 0) is 25.8 Å². The van der Waals surface area contributed by atoms with Crippen LogP contribution in [-0.4, -0.2) is 0 Å². The van der Waals surface area contributed by atoms with Crippen LogP contribution in [0.15, 0.2) is 42.5 Å². The van der Waals surface area contributed by atoms with E-state index in [9.17, 15) is 0 Å². The number of allylic oxidation sites excluding steroid dienone is 3. The molecular formula is C13H19N. The molecule has 14 heavy (non-hydrogen) atoms. The van der Waals surface area contributed by atoms with Gasteiger partial charge in [-0.15, -0.1) is 0 Å². The van der Waals surface area contributed by atoms with Crippen molar-refractivity contribution < 1.29 is 0 Å². The fourth-order valence-corrected chi connectivity index (χ4v) is 1.10. The number of benzene rings is 1. The summed E-state index contributed by atoms with van der Waals surface area (Å²) in [7, 11) is 0. The summed E-state index contributed by atoms with van der Waals surface area (Å²) in [4.78, 5) is 0. The van der Waals surface area contributed by atoms with Gasteiger partial charge >= 0.3 is 0 Å². The number of aryl methyl sites for hydroxylation is 1. The highest BCUT2D eigenvalue weighted by Crippen LogP contribution is 2.05. The van der Waals surface area contributed by atoms with Crippen molar-refractivity contribution in [1.82, 2.24) is 6.15 Å². The molecule has 0 fully saturated rings. The normalized spacial score (nSPS) is 10.7. The van der Waals surface area contributed by atoms with Crippen molar-refractivity contribution in [3.05, 3.63) is 53.6 Å². The second kappa shape index (κ2) is 7.10. The molecule has 1 aromatic rings. The van der Waals surface area contributed by atoms with E-state index in [-0.39, 0.29) is 6.15 Å². The second-order valence-electron chi connectivity index (χ2n) is 3.12. The molecule has 0 atom stereocenters. The topological polar surface area (TPSA) is 35.0 Å². The molecule has 0 heterocycles. The quantitative estimate of drug-likeness (QED) is 0.713.